The van der Waals surface area contributed by atoms with E-state index in [1.807, 2.05) is 18.2 Å². The van der Waals surface area contributed by atoms with Crippen LogP contribution in [0, 0.1) is 0 Å². The molecule has 1 unspecified atom stereocenters. The molecular weight excluding hydrogens is 258 g/mol. The van der Waals surface area contributed by atoms with E-state index in [9.17, 15) is 9.90 Å². The average Bonchev–Trinajstić information content (AvgIpc) is 3.13. The molecule has 0 saturated carbocycles. The number of carbonyl (C=O) groups excluding carboxylic acids is 1. The molecule has 20 heavy (non-hydrogen) atoms. The van der Waals surface area contributed by atoms with Crippen LogP contribution in [0.3, 0.4) is 0 Å². The number of rotatable bonds is 4. The molecule has 1 amide bonds. The first kappa shape index (κ1) is 12.5. The third-order valence-corrected chi connectivity index (χ3v) is 3.02. The molecule has 0 spiro atoms. The van der Waals surface area contributed by atoms with Gasteiger partial charge in [0.15, 0.2) is 5.76 Å². The van der Waals surface area contributed by atoms with Crippen molar-refractivity contribution in [2.75, 3.05) is 6.61 Å². The van der Waals surface area contributed by atoms with Crippen molar-refractivity contribution >= 4 is 16.9 Å². The van der Waals surface area contributed by atoms with E-state index in [2.05, 4.69) is 5.32 Å². The number of amides is 1. The van der Waals surface area contributed by atoms with Gasteiger partial charge in [0.05, 0.1) is 12.9 Å². The Hall–Kier alpha value is -2.53. The summed E-state index contributed by atoms with van der Waals surface area (Å²) in [7, 11) is 0. The van der Waals surface area contributed by atoms with Crippen LogP contribution in [-0.2, 0) is 0 Å². The van der Waals surface area contributed by atoms with Crippen molar-refractivity contribution in [3.8, 4) is 0 Å². The Bertz CT molecular complexity index is 681. The number of aliphatic hydroxyl groups is 1. The Morgan fingerprint density at radius 3 is 2.80 bits per heavy atom. The maximum Gasteiger partial charge on any atom is 0.287 e. The second kappa shape index (κ2) is 5.22. The molecule has 0 aliphatic heterocycles. The lowest BCUT2D eigenvalue weighted by Crippen LogP contribution is -2.30. The molecule has 1 atom stereocenters. The van der Waals surface area contributed by atoms with Crippen molar-refractivity contribution in [3.05, 3.63) is 60.2 Å². The van der Waals surface area contributed by atoms with Gasteiger partial charge in [-0.25, -0.2) is 0 Å². The third kappa shape index (κ3) is 2.31. The quantitative estimate of drug-likeness (QED) is 0.764. The predicted molar refractivity (Wildman–Crippen MR) is 72.2 cm³/mol. The molecule has 0 radical (unpaired) electrons. The molecule has 0 fully saturated rings. The summed E-state index contributed by atoms with van der Waals surface area (Å²) in [6, 6.07) is 11.8. The summed E-state index contributed by atoms with van der Waals surface area (Å²) in [5, 5.41) is 12.9. The van der Waals surface area contributed by atoms with Crippen molar-refractivity contribution < 1.29 is 18.7 Å². The SMILES string of the molecule is O=C(NC(CO)c1ccco1)c1cc2ccccc2o1. The van der Waals surface area contributed by atoms with E-state index >= 15 is 0 Å². The lowest BCUT2D eigenvalue weighted by atomic mass is 10.2. The lowest BCUT2D eigenvalue weighted by molar-refractivity contribution is 0.0881. The first-order chi connectivity index (χ1) is 9.78. The van der Waals surface area contributed by atoms with Gasteiger partial charge in [-0.1, -0.05) is 18.2 Å². The zero-order chi connectivity index (χ0) is 13.9. The Kier molecular flexibility index (Phi) is 3.26. The summed E-state index contributed by atoms with van der Waals surface area (Å²) in [4.78, 5) is 12.1. The highest BCUT2D eigenvalue weighted by Crippen LogP contribution is 2.20. The number of nitrogens with one attached hydrogen (secondary N) is 1. The Labute approximate surface area is 114 Å². The van der Waals surface area contributed by atoms with Crippen LogP contribution in [0.25, 0.3) is 11.0 Å². The predicted octanol–water partition coefficient (Wildman–Crippen LogP) is 2.49. The van der Waals surface area contributed by atoms with Gasteiger partial charge >= 0.3 is 0 Å². The zero-order valence-corrected chi connectivity index (χ0v) is 10.6. The maximum absolute atomic E-state index is 12.1. The highest BCUT2D eigenvalue weighted by molar-refractivity contribution is 5.96. The van der Waals surface area contributed by atoms with E-state index in [4.69, 9.17) is 8.83 Å². The molecule has 0 aliphatic carbocycles. The summed E-state index contributed by atoms with van der Waals surface area (Å²) < 4.78 is 10.6. The molecule has 3 aromatic rings. The molecule has 0 bridgehead atoms. The van der Waals surface area contributed by atoms with Crippen LogP contribution in [0.1, 0.15) is 22.4 Å². The number of para-hydroxylation sites is 1. The van der Waals surface area contributed by atoms with Gasteiger partial charge < -0.3 is 19.3 Å². The van der Waals surface area contributed by atoms with E-state index in [1.54, 1.807) is 24.3 Å². The highest BCUT2D eigenvalue weighted by atomic mass is 16.3. The van der Waals surface area contributed by atoms with Crippen LogP contribution >= 0.6 is 0 Å². The van der Waals surface area contributed by atoms with Gasteiger partial charge in [-0.15, -0.1) is 0 Å². The van der Waals surface area contributed by atoms with Gasteiger partial charge in [-0.05, 0) is 24.3 Å². The molecule has 102 valence electrons. The normalized spacial score (nSPS) is 12.4. The lowest BCUT2D eigenvalue weighted by Gasteiger charge is -2.12. The average molecular weight is 271 g/mol. The molecular formula is C15H13NO4. The van der Waals surface area contributed by atoms with Crippen molar-refractivity contribution in [2.24, 2.45) is 0 Å². The number of hydrogen-bond donors (Lipinski definition) is 2. The number of benzene rings is 1. The zero-order valence-electron chi connectivity index (χ0n) is 10.6. The fourth-order valence-electron chi connectivity index (χ4n) is 2.02. The Morgan fingerprint density at radius 2 is 2.10 bits per heavy atom. The molecule has 3 rings (SSSR count). The van der Waals surface area contributed by atoms with Crippen LogP contribution in [0.4, 0.5) is 0 Å². The van der Waals surface area contributed by atoms with E-state index in [-0.39, 0.29) is 12.4 Å². The van der Waals surface area contributed by atoms with E-state index in [1.165, 1.54) is 6.26 Å². The van der Waals surface area contributed by atoms with Gasteiger partial charge in [-0.2, -0.15) is 0 Å². The first-order valence-corrected chi connectivity index (χ1v) is 6.21. The second-order valence-electron chi connectivity index (χ2n) is 4.37. The second-order valence-corrected chi connectivity index (χ2v) is 4.37. The smallest absolute Gasteiger partial charge is 0.287 e. The van der Waals surface area contributed by atoms with Crippen LogP contribution in [-0.4, -0.2) is 17.6 Å². The molecule has 0 saturated heterocycles. The summed E-state index contributed by atoms with van der Waals surface area (Å²) in [5.41, 5.74) is 0.649. The fourth-order valence-corrected chi connectivity index (χ4v) is 2.02. The molecule has 5 heteroatoms. The van der Waals surface area contributed by atoms with Crippen LogP contribution in [0.15, 0.2) is 57.6 Å². The fraction of sp³-hybridized carbons (Fsp3) is 0.133. The van der Waals surface area contributed by atoms with Gasteiger partial charge in [0.25, 0.3) is 5.91 Å². The number of fused-ring (bicyclic) bond motifs is 1. The molecule has 0 aliphatic rings. The van der Waals surface area contributed by atoms with Crippen molar-refractivity contribution in [1.29, 1.82) is 0 Å². The number of aliphatic hydroxyl groups excluding tert-OH is 1. The number of furan rings is 2. The van der Waals surface area contributed by atoms with Crippen molar-refractivity contribution in [2.45, 2.75) is 6.04 Å². The highest BCUT2D eigenvalue weighted by Gasteiger charge is 2.19. The summed E-state index contributed by atoms with van der Waals surface area (Å²) >= 11 is 0. The van der Waals surface area contributed by atoms with Crippen LogP contribution in [0.2, 0.25) is 0 Å². The summed E-state index contributed by atoms with van der Waals surface area (Å²) in [6.45, 7) is -0.251. The van der Waals surface area contributed by atoms with Gasteiger partial charge in [-0.3, -0.25) is 4.79 Å². The van der Waals surface area contributed by atoms with Crippen molar-refractivity contribution in [3.63, 3.8) is 0 Å². The minimum Gasteiger partial charge on any atom is -0.467 e. The van der Waals surface area contributed by atoms with Crippen molar-refractivity contribution in [1.82, 2.24) is 5.32 Å². The van der Waals surface area contributed by atoms with E-state index in [0.29, 0.717) is 11.3 Å². The molecule has 2 heterocycles. The number of carbonyl (C=O) groups is 1. The first-order valence-electron chi connectivity index (χ1n) is 6.21. The van der Waals surface area contributed by atoms with E-state index < -0.39 is 11.9 Å². The number of hydrogen-bond acceptors (Lipinski definition) is 4. The summed E-state index contributed by atoms with van der Waals surface area (Å²) in [5.74, 6) is 0.310. The molecule has 5 nitrogen and oxygen atoms in total. The maximum atomic E-state index is 12.1. The minimum absolute atomic E-state index is 0.205. The standard InChI is InChI=1S/C15H13NO4/c17-9-11(13-6-3-7-19-13)16-15(18)14-8-10-4-1-2-5-12(10)20-14/h1-8,11,17H,9H2,(H,16,18). The Morgan fingerprint density at radius 1 is 1.25 bits per heavy atom. The van der Waals surface area contributed by atoms with E-state index in [0.717, 1.165) is 5.39 Å². The topological polar surface area (TPSA) is 75.6 Å². The van der Waals surface area contributed by atoms with Crippen LogP contribution < -0.4 is 5.32 Å². The third-order valence-electron chi connectivity index (χ3n) is 3.02. The Balaban J connectivity index is 1.81. The molecule has 2 aromatic heterocycles. The van der Waals surface area contributed by atoms with Crippen LogP contribution in [0.5, 0.6) is 0 Å². The molecule has 2 N–H and O–H groups in total. The van der Waals surface area contributed by atoms with Gasteiger partial charge in [0.1, 0.15) is 17.4 Å². The van der Waals surface area contributed by atoms with Gasteiger partial charge in [0.2, 0.25) is 0 Å². The largest absolute Gasteiger partial charge is 0.467 e. The monoisotopic (exact) mass is 271 g/mol. The summed E-state index contributed by atoms with van der Waals surface area (Å²) in [6.07, 6.45) is 1.49. The van der Waals surface area contributed by atoms with Gasteiger partial charge in [0, 0.05) is 5.39 Å². The molecule has 1 aromatic carbocycles. The minimum atomic E-state index is -0.592.